The predicted molar refractivity (Wildman–Crippen MR) is 108 cm³/mol. The third-order valence-electron chi connectivity index (χ3n) is 4.36. The number of hydrogen-bond donors (Lipinski definition) is 3. The maximum absolute atomic E-state index is 12.7. The molecule has 27 heavy (non-hydrogen) atoms. The summed E-state index contributed by atoms with van der Waals surface area (Å²) in [5, 5.41) is 15.0. The zero-order chi connectivity index (χ0) is 19.8. The Morgan fingerprint density at radius 2 is 1.78 bits per heavy atom. The van der Waals surface area contributed by atoms with Gasteiger partial charge in [0.05, 0.1) is 6.61 Å². The van der Waals surface area contributed by atoms with Crippen LogP contribution >= 0.6 is 0 Å². The maximum Gasteiger partial charge on any atom is 0.322 e. The molecular weight excluding hydrogens is 342 g/mol. The van der Waals surface area contributed by atoms with Crippen molar-refractivity contribution in [1.82, 2.24) is 4.90 Å². The van der Waals surface area contributed by atoms with Crippen molar-refractivity contribution < 1.29 is 14.7 Å². The van der Waals surface area contributed by atoms with Gasteiger partial charge in [0, 0.05) is 30.9 Å². The standard InChI is InChI=1S/C21H27N3O3/c1-4-20(26)23-19-13-18(10-9-16(19)3)22-21(27)24(11-12-25)14-17-8-6-5-7-15(17)2/h5-10,13,25H,4,11-12,14H2,1-3H3,(H,22,27)(H,23,26). The van der Waals surface area contributed by atoms with E-state index in [1.807, 2.05) is 44.2 Å². The van der Waals surface area contributed by atoms with Gasteiger partial charge in [-0.15, -0.1) is 0 Å². The van der Waals surface area contributed by atoms with E-state index in [0.717, 1.165) is 16.7 Å². The maximum atomic E-state index is 12.7. The van der Waals surface area contributed by atoms with E-state index in [1.165, 1.54) is 0 Å². The lowest BCUT2D eigenvalue weighted by atomic mass is 10.1. The number of amides is 3. The van der Waals surface area contributed by atoms with E-state index < -0.39 is 0 Å². The highest BCUT2D eigenvalue weighted by Crippen LogP contribution is 2.21. The molecule has 0 unspecified atom stereocenters. The highest BCUT2D eigenvalue weighted by atomic mass is 16.3. The van der Waals surface area contributed by atoms with Crippen LogP contribution in [0.25, 0.3) is 0 Å². The molecule has 0 aromatic heterocycles. The number of nitrogens with one attached hydrogen (secondary N) is 2. The molecule has 0 aliphatic heterocycles. The zero-order valence-corrected chi connectivity index (χ0v) is 16.1. The first-order chi connectivity index (χ1) is 12.9. The van der Waals surface area contributed by atoms with Crippen LogP contribution in [0.3, 0.4) is 0 Å². The van der Waals surface area contributed by atoms with Gasteiger partial charge < -0.3 is 20.6 Å². The summed E-state index contributed by atoms with van der Waals surface area (Å²) in [5.74, 6) is -0.0805. The van der Waals surface area contributed by atoms with E-state index in [4.69, 9.17) is 0 Å². The van der Waals surface area contributed by atoms with Crippen LogP contribution in [0.5, 0.6) is 0 Å². The molecule has 3 amide bonds. The van der Waals surface area contributed by atoms with Gasteiger partial charge in [0.1, 0.15) is 0 Å². The number of carbonyl (C=O) groups is 2. The SMILES string of the molecule is CCC(=O)Nc1cc(NC(=O)N(CCO)Cc2ccccc2C)ccc1C. The Hall–Kier alpha value is -2.86. The largest absolute Gasteiger partial charge is 0.395 e. The van der Waals surface area contributed by atoms with Crippen LogP contribution in [0.15, 0.2) is 42.5 Å². The van der Waals surface area contributed by atoms with Crippen LogP contribution in [0.1, 0.15) is 30.0 Å². The summed E-state index contributed by atoms with van der Waals surface area (Å²) in [6.07, 6.45) is 0.386. The topological polar surface area (TPSA) is 81.7 Å². The quantitative estimate of drug-likeness (QED) is 0.696. The van der Waals surface area contributed by atoms with Crippen LogP contribution in [0.4, 0.5) is 16.2 Å². The molecule has 0 radical (unpaired) electrons. The lowest BCUT2D eigenvalue weighted by molar-refractivity contribution is -0.115. The van der Waals surface area contributed by atoms with Crippen molar-refractivity contribution in [1.29, 1.82) is 0 Å². The number of carbonyl (C=O) groups excluding carboxylic acids is 2. The van der Waals surface area contributed by atoms with Crippen molar-refractivity contribution in [2.24, 2.45) is 0 Å². The lowest BCUT2D eigenvalue weighted by Crippen LogP contribution is -2.36. The number of aryl methyl sites for hydroxylation is 2. The average molecular weight is 369 g/mol. The minimum atomic E-state index is -0.302. The molecule has 144 valence electrons. The zero-order valence-electron chi connectivity index (χ0n) is 16.1. The summed E-state index contributed by atoms with van der Waals surface area (Å²) in [5.41, 5.74) is 4.30. The van der Waals surface area contributed by atoms with Crippen molar-refractivity contribution in [3.63, 3.8) is 0 Å². The molecule has 0 atom stereocenters. The highest BCUT2D eigenvalue weighted by molar-refractivity contribution is 5.94. The Balaban J connectivity index is 2.14. The molecule has 0 saturated heterocycles. The highest BCUT2D eigenvalue weighted by Gasteiger charge is 2.15. The Morgan fingerprint density at radius 1 is 1.04 bits per heavy atom. The summed E-state index contributed by atoms with van der Waals surface area (Å²) in [6, 6.07) is 12.9. The van der Waals surface area contributed by atoms with Gasteiger partial charge in [0.2, 0.25) is 5.91 Å². The van der Waals surface area contributed by atoms with Gasteiger partial charge in [0.15, 0.2) is 0 Å². The Labute approximate surface area is 160 Å². The number of urea groups is 1. The Bertz CT molecular complexity index is 805. The summed E-state index contributed by atoms with van der Waals surface area (Å²) in [4.78, 5) is 25.9. The molecule has 0 bridgehead atoms. The average Bonchev–Trinajstić information content (AvgIpc) is 2.65. The summed E-state index contributed by atoms with van der Waals surface area (Å²) in [7, 11) is 0. The van der Waals surface area contributed by atoms with E-state index in [-0.39, 0.29) is 25.1 Å². The number of anilines is 2. The fourth-order valence-corrected chi connectivity index (χ4v) is 2.64. The second-order valence-electron chi connectivity index (χ2n) is 6.43. The molecule has 2 aromatic rings. The number of aliphatic hydroxyl groups is 1. The molecule has 2 rings (SSSR count). The van der Waals surface area contributed by atoms with Gasteiger partial charge in [0.25, 0.3) is 0 Å². The van der Waals surface area contributed by atoms with Gasteiger partial charge in [-0.1, -0.05) is 37.3 Å². The van der Waals surface area contributed by atoms with E-state index >= 15 is 0 Å². The monoisotopic (exact) mass is 369 g/mol. The molecule has 6 heteroatoms. The molecule has 0 aliphatic rings. The van der Waals surface area contributed by atoms with Crippen LogP contribution in [0, 0.1) is 13.8 Å². The normalized spacial score (nSPS) is 10.4. The van der Waals surface area contributed by atoms with Crippen molar-refractivity contribution >= 4 is 23.3 Å². The van der Waals surface area contributed by atoms with Gasteiger partial charge in [-0.25, -0.2) is 4.79 Å². The summed E-state index contributed by atoms with van der Waals surface area (Å²) >= 11 is 0. The fourth-order valence-electron chi connectivity index (χ4n) is 2.64. The van der Waals surface area contributed by atoms with E-state index in [0.29, 0.717) is 24.3 Å². The minimum Gasteiger partial charge on any atom is -0.395 e. The van der Waals surface area contributed by atoms with Gasteiger partial charge in [-0.2, -0.15) is 0 Å². The van der Waals surface area contributed by atoms with Gasteiger partial charge >= 0.3 is 6.03 Å². The number of hydrogen-bond acceptors (Lipinski definition) is 3. The van der Waals surface area contributed by atoms with Gasteiger partial charge in [-0.3, -0.25) is 4.79 Å². The van der Waals surface area contributed by atoms with E-state index in [2.05, 4.69) is 10.6 Å². The Morgan fingerprint density at radius 3 is 2.44 bits per heavy atom. The number of nitrogens with zero attached hydrogens (tertiary/aromatic N) is 1. The molecule has 0 spiro atoms. The van der Waals surface area contributed by atoms with E-state index in [9.17, 15) is 14.7 Å². The summed E-state index contributed by atoms with van der Waals surface area (Å²) < 4.78 is 0. The molecule has 0 saturated carbocycles. The van der Waals surface area contributed by atoms with Crippen molar-refractivity contribution in [3.05, 3.63) is 59.2 Å². The van der Waals surface area contributed by atoms with Crippen LogP contribution in [0.2, 0.25) is 0 Å². The van der Waals surface area contributed by atoms with Crippen molar-refractivity contribution in [2.75, 3.05) is 23.8 Å². The molecule has 2 aromatic carbocycles. The number of rotatable bonds is 7. The van der Waals surface area contributed by atoms with Crippen molar-refractivity contribution in [3.8, 4) is 0 Å². The molecule has 0 heterocycles. The smallest absolute Gasteiger partial charge is 0.322 e. The van der Waals surface area contributed by atoms with E-state index in [1.54, 1.807) is 24.0 Å². The second kappa shape index (κ2) is 9.73. The molecule has 3 N–H and O–H groups in total. The van der Waals surface area contributed by atoms with Crippen LogP contribution in [-0.4, -0.2) is 35.1 Å². The first-order valence-corrected chi connectivity index (χ1v) is 9.06. The van der Waals surface area contributed by atoms with Gasteiger partial charge in [-0.05, 0) is 42.7 Å². The molecule has 6 nitrogen and oxygen atoms in total. The second-order valence-corrected chi connectivity index (χ2v) is 6.43. The fraction of sp³-hybridized carbons (Fsp3) is 0.333. The molecule has 0 fully saturated rings. The lowest BCUT2D eigenvalue weighted by Gasteiger charge is -2.23. The first kappa shape index (κ1) is 20.5. The Kier molecular flexibility index (Phi) is 7.37. The molecule has 0 aliphatic carbocycles. The van der Waals surface area contributed by atoms with Crippen LogP contribution in [-0.2, 0) is 11.3 Å². The number of benzene rings is 2. The third kappa shape index (κ3) is 5.82. The van der Waals surface area contributed by atoms with Crippen LogP contribution < -0.4 is 10.6 Å². The number of aliphatic hydroxyl groups excluding tert-OH is 1. The minimum absolute atomic E-state index is 0.0805. The first-order valence-electron chi connectivity index (χ1n) is 9.06. The van der Waals surface area contributed by atoms with Crippen molar-refractivity contribution in [2.45, 2.75) is 33.7 Å². The third-order valence-corrected chi connectivity index (χ3v) is 4.36. The summed E-state index contributed by atoms with van der Waals surface area (Å²) in [6.45, 7) is 6.19. The predicted octanol–water partition coefficient (Wildman–Crippen LogP) is 3.68. The molecular formula is C21H27N3O3.